The van der Waals surface area contributed by atoms with Gasteiger partial charge in [-0.3, -0.25) is 4.79 Å². The zero-order valence-corrected chi connectivity index (χ0v) is 13.0. The van der Waals surface area contributed by atoms with Crippen LogP contribution in [0.4, 0.5) is 0 Å². The lowest BCUT2D eigenvalue weighted by atomic mass is 9.47. The first-order valence-corrected chi connectivity index (χ1v) is 8.77. The molecule has 0 N–H and O–H groups in total. The molecule has 6 atom stereocenters. The van der Waals surface area contributed by atoms with Gasteiger partial charge in [-0.05, 0) is 61.2 Å². The predicted octanol–water partition coefficient (Wildman–Crippen LogP) is 4.76. The lowest BCUT2D eigenvalue weighted by Crippen LogP contribution is -2.50. The first kappa shape index (κ1) is 13.1. The van der Waals surface area contributed by atoms with E-state index in [9.17, 15) is 4.79 Å². The number of fused-ring (bicyclic) bond motifs is 5. The van der Waals surface area contributed by atoms with Gasteiger partial charge in [-0.15, -0.1) is 0 Å². The van der Waals surface area contributed by atoms with Gasteiger partial charge in [-0.1, -0.05) is 38.8 Å². The maximum absolute atomic E-state index is 12.3. The fourth-order valence-corrected chi connectivity index (χ4v) is 6.43. The van der Waals surface area contributed by atoms with E-state index in [1.54, 1.807) is 0 Å². The lowest BCUT2D eigenvalue weighted by molar-refractivity contribution is -0.132. The van der Waals surface area contributed by atoms with Crippen LogP contribution in [0.15, 0.2) is 12.2 Å². The van der Waals surface area contributed by atoms with E-state index in [1.807, 2.05) is 0 Å². The van der Waals surface area contributed by atoms with E-state index in [0.29, 0.717) is 23.0 Å². The van der Waals surface area contributed by atoms with Crippen molar-refractivity contribution in [2.75, 3.05) is 0 Å². The third kappa shape index (κ3) is 1.53. The Bertz CT molecular complexity index is 464. The van der Waals surface area contributed by atoms with E-state index in [4.69, 9.17) is 0 Å². The maximum Gasteiger partial charge on any atom is 0.139 e. The van der Waals surface area contributed by atoms with Gasteiger partial charge in [0.15, 0.2) is 0 Å². The van der Waals surface area contributed by atoms with Crippen molar-refractivity contribution in [1.29, 1.82) is 0 Å². The Morgan fingerprint density at radius 1 is 1.00 bits per heavy atom. The Hall–Kier alpha value is -0.590. The molecule has 110 valence electrons. The molecule has 0 saturated heterocycles. The van der Waals surface area contributed by atoms with Gasteiger partial charge in [0, 0.05) is 11.8 Å². The summed E-state index contributed by atoms with van der Waals surface area (Å²) in [4.78, 5) is 12.3. The van der Waals surface area contributed by atoms with Gasteiger partial charge in [0.2, 0.25) is 0 Å². The highest BCUT2D eigenvalue weighted by Crippen LogP contribution is 2.63. The Morgan fingerprint density at radius 3 is 2.70 bits per heavy atom. The summed E-state index contributed by atoms with van der Waals surface area (Å²) in [5.41, 5.74) is 0.550. The first-order chi connectivity index (χ1) is 9.56. The maximum atomic E-state index is 12.3. The average molecular weight is 272 g/mol. The summed E-state index contributed by atoms with van der Waals surface area (Å²) in [6, 6.07) is 0. The summed E-state index contributed by atoms with van der Waals surface area (Å²) >= 11 is 0. The van der Waals surface area contributed by atoms with Gasteiger partial charge in [0.1, 0.15) is 5.78 Å². The SMILES string of the molecule is C[C@]12CCCCC1C=C[C@@H]1[C@H]2CC[C@]2(C)C(=O)CC[C@@H]12. The number of allylic oxidation sites excluding steroid dienone is 2. The number of hydrogen-bond donors (Lipinski definition) is 0. The minimum atomic E-state index is 0.0172. The third-order valence-corrected chi connectivity index (χ3v) is 7.78. The van der Waals surface area contributed by atoms with Crippen LogP contribution in [0.25, 0.3) is 0 Å². The highest BCUT2D eigenvalue weighted by molar-refractivity contribution is 5.87. The van der Waals surface area contributed by atoms with Crippen LogP contribution in [0.5, 0.6) is 0 Å². The van der Waals surface area contributed by atoms with Crippen molar-refractivity contribution in [2.24, 2.45) is 34.5 Å². The standard InChI is InChI=1S/C19H28O/c1-18-11-4-3-5-13(18)6-7-14-15-8-9-17(20)19(15,2)12-10-16(14)18/h6-7,13-16H,3-5,8-12H2,1-2H3/t13?,14-,15-,16+,18-,19-/m0/s1. The molecular formula is C19H28O. The third-order valence-electron chi connectivity index (χ3n) is 7.78. The molecule has 4 rings (SSSR count). The topological polar surface area (TPSA) is 17.1 Å². The first-order valence-electron chi connectivity index (χ1n) is 8.77. The van der Waals surface area contributed by atoms with Crippen molar-refractivity contribution >= 4 is 5.78 Å². The van der Waals surface area contributed by atoms with Crippen molar-refractivity contribution in [3.8, 4) is 0 Å². The number of carbonyl (C=O) groups is 1. The second kappa shape index (κ2) is 4.21. The average Bonchev–Trinajstić information content (AvgIpc) is 2.74. The van der Waals surface area contributed by atoms with Crippen LogP contribution in [0.3, 0.4) is 0 Å². The second-order valence-electron chi connectivity index (χ2n) is 8.45. The van der Waals surface area contributed by atoms with Crippen LogP contribution in [-0.2, 0) is 4.79 Å². The summed E-state index contributed by atoms with van der Waals surface area (Å²) in [7, 11) is 0. The molecule has 0 spiro atoms. The molecule has 4 aliphatic rings. The molecule has 3 fully saturated rings. The van der Waals surface area contributed by atoms with Gasteiger partial charge in [-0.25, -0.2) is 0 Å². The summed E-state index contributed by atoms with van der Waals surface area (Å²) in [6.07, 6.45) is 15.2. The van der Waals surface area contributed by atoms with E-state index in [1.165, 1.54) is 32.1 Å². The lowest BCUT2D eigenvalue weighted by Gasteiger charge is -2.57. The molecule has 3 saturated carbocycles. The molecule has 0 aromatic heterocycles. The molecule has 0 aromatic rings. The number of hydrogen-bond acceptors (Lipinski definition) is 1. The van der Waals surface area contributed by atoms with Crippen LogP contribution in [0, 0.1) is 34.5 Å². The van der Waals surface area contributed by atoms with Crippen molar-refractivity contribution < 1.29 is 4.79 Å². The number of ketones is 1. The van der Waals surface area contributed by atoms with Crippen molar-refractivity contribution in [2.45, 2.75) is 65.2 Å². The van der Waals surface area contributed by atoms with Gasteiger partial charge < -0.3 is 0 Å². The molecule has 0 radical (unpaired) electrons. The molecule has 20 heavy (non-hydrogen) atoms. The fraction of sp³-hybridized carbons (Fsp3) is 0.842. The van der Waals surface area contributed by atoms with E-state index >= 15 is 0 Å². The fourth-order valence-electron chi connectivity index (χ4n) is 6.43. The van der Waals surface area contributed by atoms with Crippen LogP contribution in [-0.4, -0.2) is 5.78 Å². The predicted molar refractivity (Wildman–Crippen MR) is 81.3 cm³/mol. The van der Waals surface area contributed by atoms with Gasteiger partial charge in [0.05, 0.1) is 0 Å². The van der Waals surface area contributed by atoms with E-state index in [-0.39, 0.29) is 5.41 Å². The molecule has 0 aromatic carbocycles. The van der Waals surface area contributed by atoms with Gasteiger partial charge in [-0.2, -0.15) is 0 Å². The molecule has 4 aliphatic carbocycles. The number of Topliss-reactive ketones (excluding diaryl/α,β-unsaturated/α-hetero) is 1. The van der Waals surface area contributed by atoms with E-state index in [0.717, 1.165) is 31.1 Å². The van der Waals surface area contributed by atoms with Crippen molar-refractivity contribution in [3.63, 3.8) is 0 Å². The molecular weight excluding hydrogens is 244 g/mol. The van der Waals surface area contributed by atoms with Gasteiger partial charge in [0.25, 0.3) is 0 Å². The Kier molecular flexibility index (Phi) is 2.76. The summed E-state index contributed by atoms with van der Waals surface area (Å²) in [6.45, 7) is 4.84. The minimum absolute atomic E-state index is 0.0172. The van der Waals surface area contributed by atoms with Crippen LogP contribution >= 0.6 is 0 Å². The summed E-state index contributed by atoms with van der Waals surface area (Å²) < 4.78 is 0. The van der Waals surface area contributed by atoms with E-state index < -0.39 is 0 Å². The highest BCUT2D eigenvalue weighted by atomic mass is 16.1. The Labute approximate surface area is 123 Å². The van der Waals surface area contributed by atoms with Crippen molar-refractivity contribution in [3.05, 3.63) is 12.2 Å². The summed E-state index contributed by atoms with van der Waals surface area (Å²) in [5, 5.41) is 0. The zero-order chi connectivity index (χ0) is 14.0. The number of carbonyl (C=O) groups excluding carboxylic acids is 1. The van der Waals surface area contributed by atoms with E-state index in [2.05, 4.69) is 26.0 Å². The quantitative estimate of drug-likeness (QED) is 0.581. The smallest absolute Gasteiger partial charge is 0.139 e. The van der Waals surface area contributed by atoms with Crippen molar-refractivity contribution in [1.82, 2.24) is 0 Å². The normalized spacial score (nSPS) is 54.2. The molecule has 1 nitrogen and oxygen atoms in total. The van der Waals surface area contributed by atoms with Crippen LogP contribution in [0.2, 0.25) is 0 Å². The van der Waals surface area contributed by atoms with Crippen LogP contribution in [0.1, 0.15) is 65.2 Å². The molecule has 1 heteroatoms. The Morgan fingerprint density at radius 2 is 1.85 bits per heavy atom. The Balaban J connectivity index is 1.72. The molecule has 0 heterocycles. The number of rotatable bonds is 0. The molecule has 0 bridgehead atoms. The monoisotopic (exact) mass is 272 g/mol. The van der Waals surface area contributed by atoms with Crippen LogP contribution < -0.4 is 0 Å². The second-order valence-corrected chi connectivity index (χ2v) is 8.45. The molecule has 1 unspecified atom stereocenters. The zero-order valence-electron chi connectivity index (χ0n) is 13.0. The largest absolute Gasteiger partial charge is 0.299 e. The van der Waals surface area contributed by atoms with Gasteiger partial charge >= 0.3 is 0 Å². The molecule has 0 aliphatic heterocycles. The molecule has 0 amide bonds. The summed E-state index contributed by atoms with van der Waals surface area (Å²) in [5.74, 6) is 3.57. The minimum Gasteiger partial charge on any atom is -0.299 e. The highest BCUT2D eigenvalue weighted by Gasteiger charge is 2.58.